The molecule has 11 heavy (non-hydrogen) atoms. The van der Waals surface area contributed by atoms with Crippen LogP contribution in [0.5, 0.6) is 0 Å². The fraction of sp³-hybridized carbons (Fsp3) is 0.889. The average molecular weight is 156 g/mol. The van der Waals surface area contributed by atoms with Crippen LogP contribution in [0.4, 0.5) is 0 Å². The number of esters is 1. The van der Waals surface area contributed by atoms with Crippen molar-refractivity contribution in [2.75, 3.05) is 7.11 Å². The molecule has 0 N–H and O–H groups in total. The molecule has 1 aliphatic carbocycles. The summed E-state index contributed by atoms with van der Waals surface area (Å²) in [6.45, 7) is 0. The van der Waals surface area contributed by atoms with Crippen molar-refractivity contribution in [2.45, 2.75) is 38.5 Å². The van der Waals surface area contributed by atoms with E-state index in [1.165, 1.54) is 32.8 Å². The first-order chi connectivity index (χ1) is 5.33. The predicted molar refractivity (Wildman–Crippen MR) is 43.2 cm³/mol. The number of carbonyl (C=O) groups is 1. The molecule has 2 heteroatoms. The molecule has 0 aromatic carbocycles. The van der Waals surface area contributed by atoms with E-state index in [1.807, 2.05) is 0 Å². The van der Waals surface area contributed by atoms with E-state index in [9.17, 15) is 4.79 Å². The summed E-state index contributed by atoms with van der Waals surface area (Å²) in [5, 5.41) is 0. The Morgan fingerprint density at radius 3 is 2.64 bits per heavy atom. The SMILES string of the molecule is COC(=O)CCC1CCCC1. The van der Waals surface area contributed by atoms with E-state index in [0.29, 0.717) is 6.42 Å². The van der Waals surface area contributed by atoms with Crippen molar-refractivity contribution in [3.8, 4) is 0 Å². The third-order valence-electron chi connectivity index (χ3n) is 2.46. The zero-order valence-electron chi connectivity index (χ0n) is 7.14. The first-order valence-corrected chi connectivity index (χ1v) is 4.39. The van der Waals surface area contributed by atoms with E-state index in [4.69, 9.17) is 0 Å². The van der Waals surface area contributed by atoms with E-state index in [2.05, 4.69) is 4.74 Å². The van der Waals surface area contributed by atoms with Gasteiger partial charge in [-0.05, 0) is 12.3 Å². The first-order valence-electron chi connectivity index (χ1n) is 4.39. The highest BCUT2D eigenvalue weighted by Crippen LogP contribution is 2.28. The maximum atomic E-state index is 10.7. The third kappa shape index (κ3) is 2.91. The van der Waals surface area contributed by atoms with Crippen LogP contribution in [-0.4, -0.2) is 13.1 Å². The summed E-state index contributed by atoms with van der Waals surface area (Å²) >= 11 is 0. The van der Waals surface area contributed by atoms with Gasteiger partial charge in [0.25, 0.3) is 0 Å². The quantitative estimate of drug-likeness (QED) is 0.585. The van der Waals surface area contributed by atoms with E-state index >= 15 is 0 Å². The molecule has 0 aromatic rings. The molecule has 1 rings (SSSR count). The molecule has 2 nitrogen and oxygen atoms in total. The summed E-state index contributed by atoms with van der Waals surface area (Å²) in [5.41, 5.74) is 0. The van der Waals surface area contributed by atoms with Gasteiger partial charge in [-0.3, -0.25) is 4.79 Å². The minimum atomic E-state index is -0.0584. The summed E-state index contributed by atoms with van der Waals surface area (Å²) in [7, 11) is 1.46. The Morgan fingerprint density at radius 2 is 2.09 bits per heavy atom. The topological polar surface area (TPSA) is 26.3 Å². The van der Waals surface area contributed by atoms with E-state index in [1.54, 1.807) is 0 Å². The predicted octanol–water partition coefficient (Wildman–Crippen LogP) is 2.13. The molecule has 0 aliphatic heterocycles. The van der Waals surface area contributed by atoms with Crippen LogP contribution in [0.15, 0.2) is 0 Å². The molecule has 0 heterocycles. The van der Waals surface area contributed by atoms with Gasteiger partial charge >= 0.3 is 5.97 Å². The fourth-order valence-electron chi connectivity index (χ4n) is 1.72. The third-order valence-corrected chi connectivity index (χ3v) is 2.46. The second kappa shape index (κ2) is 4.37. The average Bonchev–Trinajstić information content (AvgIpc) is 2.52. The lowest BCUT2D eigenvalue weighted by Gasteiger charge is -2.05. The van der Waals surface area contributed by atoms with Crippen LogP contribution in [0.1, 0.15) is 38.5 Å². The van der Waals surface area contributed by atoms with E-state index in [-0.39, 0.29) is 5.97 Å². The number of carbonyl (C=O) groups excluding carboxylic acids is 1. The van der Waals surface area contributed by atoms with Gasteiger partial charge in [0, 0.05) is 6.42 Å². The van der Waals surface area contributed by atoms with Crippen LogP contribution in [0.2, 0.25) is 0 Å². The van der Waals surface area contributed by atoms with Gasteiger partial charge in [0.15, 0.2) is 0 Å². The highest BCUT2D eigenvalue weighted by atomic mass is 16.5. The highest BCUT2D eigenvalue weighted by molar-refractivity contribution is 5.69. The summed E-state index contributed by atoms with van der Waals surface area (Å²) in [6, 6.07) is 0. The van der Waals surface area contributed by atoms with Crippen molar-refractivity contribution in [1.29, 1.82) is 0 Å². The highest BCUT2D eigenvalue weighted by Gasteiger charge is 2.15. The minimum absolute atomic E-state index is 0.0584. The molecule has 0 radical (unpaired) electrons. The van der Waals surface area contributed by atoms with Gasteiger partial charge in [0.2, 0.25) is 0 Å². The fourth-order valence-corrected chi connectivity index (χ4v) is 1.72. The van der Waals surface area contributed by atoms with Gasteiger partial charge in [0.1, 0.15) is 0 Å². The van der Waals surface area contributed by atoms with Crippen molar-refractivity contribution in [3.05, 3.63) is 0 Å². The lowest BCUT2D eigenvalue weighted by molar-refractivity contribution is -0.140. The Kier molecular flexibility index (Phi) is 3.40. The standard InChI is InChI=1S/C9H16O2/c1-11-9(10)7-6-8-4-2-3-5-8/h8H,2-7H2,1H3. The van der Waals surface area contributed by atoms with Crippen LogP contribution in [0.25, 0.3) is 0 Å². The van der Waals surface area contributed by atoms with Crippen LogP contribution >= 0.6 is 0 Å². The number of hydrogen-bond donors (Lipinski definition) is 0. The molecular weight excluding hydrogens is 140 g/mol. The summed E-state index contributed by atoms with van der Waals surface area (Å²) in [5.74, 6) is 0.742. The second-order valence-electron chi connectivity index (χ2n) is 3.27. The Morgan fingerprint density at radius 1 is 1.45 bits per heavy atom. The largest absolute Gasteiger partial charge is 0.469 e. The molecule has 0 atom stereocenters. The summed E-state index contributed by atoms with van der Waals surface area (Å²) in [4.78, 5) is 10.7. The number of ether oxygens (including phenoxy) is 1. The minimum Gasteiger partial charge on any atom is -0.469 e. The molecule has 1 fully saturated rings. The number of rotatable bonds is 3. The second-order valence-corrected chi connectivity index (χ2v) is 3.27. The van der Waals surface area contributed by atoms with Crippen LogP contribution in [-0.2, 0) is 9.53 Å². The molecule has 0 spiro atoms. The number of hydrogen-bond acceptors (Lipinski definition) is 2. The van der Waals surface area contributed by atoms with Crippen molar-refractivity contribution in [3.63, 3.8) is 0 Å². The van der Waals surface area contributed by atoms with Crippen molar-refractivity contribution in [2.24, 2.45) is 5.92 Å². The zero-order chi connectivity index (χ0) is 8.10. The molecule has 1 aliphatic rings. The smallest absolute Gasteiger partial charge is 0.305 e. The molecule has 0 saturated heterocycles. The summed E-state index contributed by atoms with van der Waals surface area (Å²) in [6.07, 6.45) is 6.99. The Balaban J connectivity index is 2.06. The molecule has 0 amide bonds. The van der Waals surface area contributed by atoms with Crippen molar-refractivity contribution in [1.82, 2.24) is 0 Å². The van der Waals surface area contributed by atoms with Crippen LogP contribution < -0.4 is 0 Å². The van der Waals surface area contributed by atoms with Gasteiger partial charge in [-0.1, -0.05) is 25.7 Å². The zero-order valence-corrected chi connectivity index (χ0v) is 7.14. The van der Waals surface area contributed by atoms with Gasteiger partial charge in [-0.25, -0.2) is 0 Å². The van der Waals surface area contributed by atoms with Crippen molar-refractivity contribution < 1.29 is 9.53 Å². The maximum absolute atomic E-state index is 10.7. The normalized spacial score (nSPS) is 18.6. The molecule has 0 bridgehead atoms. The van der Waals surface area contributed by atoms with Crippen LogP contribution in [0, 0.1) is 5.92 Å². The Hall–Kier alpha value is -0.530. The summed E-state index contributed by atoms with van der Waals surface area (Å²) < 4.78 is 4.57. The monoisotopic (exact) mass is 156 g/mol. The molecule has 0 unspecified atom stereocenters. The Bertz CT molecular complexity index is 126. The lowest BCUT2D eigenvalue weighted by atomic mass is 10.0. The molecular formula is C9H16O2. The number of methoxy groups -OCH3 is 1. The molecule has 64 valence electrons. The lowest BCUT2D eigenvalue weighted by Crippen LogP contribution is -2.03. The van der Waals surface area contributed by atoms with Crippen molar-refractivity contribution >= 4 is 5.97 Å². The Labute approximate surface area is 67.9 Å². The van der Waals surface area contributed by atoms with E-state index < -0.39 is 0 Å². The van der Waals surface area contributed by atoms with Gasteiger partial charge in [-0.15, -0.1) is 0 Å². The van der Waals surface area contributed by atoms with Gasteiger partial charge < -0.3 is 4.74 Å². The van der Waals surface area contributed by atoms with Gasteiger partial charge in [0.05, 0.1) is 7.11 Å². The maximum Gasteiger partial charge on any atom is 0.305 e. The molecule has 1 saturated carbocycles. The molecule has 0 aromatic heterocycles. The first kappa shape index (κ1) is 8.57. The van der Waals surface area contributed by atoms with E-state index in [0.717, 1.165) is 12.3 Å². The van der Waals surface area contributed by atoms with Crippen LogP contribution in [0.3, 0.4) is 0 Å². The van der Waals surface area contributed by atoms with Gasteiger partial charge in [-0.2, -0.15) is 0 Å².